The van der Waals surface area contributed by atoms with Crippen molar-refractivity contribution in [2.75, 3.05) is 17.2 Å². The molecule has 0 unspecified atom stereocenters. The number of carbonyl (C=O) groups excluding carboxylic acids is 2. The van der Waals surface area contributed by atoms with Crippen molar-refractivity contribution in [1.29, 1.82) is 0 Å². The molecule has 1 aromatic rings. The second kappa shape index (κ2) is 6.14. The first kappa shape index (κ1) is 16.8. The van der Waals surface area contributed by atoms with Gasteiger partial charge >= 0.3 is 6.03 Å². The van der Waals surface area contributed by atoms with Gasteiger partial charge in [0.2, 0.25) is 10.0 Å². The number of imide groups is 1. The average molecular weight is 355 g/mol. The number of rotatable bonds is 4. The van der Waals surface area contributed by atoms with Gasteiger partial charge in [-0.1, -0.05) is 6.92 Å². The molecule has 130 valence electrons. The van der Waals surface area contributed by atoms with Crippen LogP contribution < -0.4 is 10.2 Å². The predicted octanol–water partition coefficient (Wildman–Crippen LogP) is 1.06. The van der Waals surface area contributed by atoms with E-state index < -0.39 is 39.9 Å². The second-order valence-electron chi connectivity index (χ2n) is 5.87. The number of nitrogens with one attached hydrogen (secondary N) is 1. The molecule has 1 aromatic carbocycles. The summed E-state index contributed by atoms with van der Waals surface area (Å²) < 4.78 is 39.0. The van der Waals surface area contributed by atoms with E-state index >= 15 is 0 Å². The predicted molar refractivity (Wildman–Crippen MR) is 85.4 cm³/mol. The molecule has 9 heteroatoms. The monoisotopic (exact) mass is 355 g/mol. The van der Waals surface area contributed by atoms with Gasteiger partial charge in [0.15, 0.2) is 0 Å². The molecule has 2 atom stereocenters. The molecule has 0 aromatic heterocycles. The van der Waals surface area contributed by atoms with E-state index in [1.165, 1.54) is 16.4 Å². The highest BCUT2D eigenvalue weighted by atomic mass is 32.2. The number of fused-ring (bicyclic) bond motifs is 1. The number of hydrogen-bond acceptors (Lipinski definition) is 4. The molecule has 3 rings (SSSR count). The lowest BCUT2D eigenvalue weighted by atomic mass is 10.1. The van der Waals surface area contributed by atoms with Gasteiger partial charge in [0.25, 0.3) is 5.91 Å². The van der Waals surface area contributed by atoms with Gasteiger partial charge in [0.05, 0.1) is 17.5 Å². The van der Waals surface area contributed by atoms with Crippen LogP contribution in [0.25, 0.3) is 0 Å². The first-order valence-corrected chi connectivity index (χ1v) is 9.35. The molecule has 0 aliphatic carbocycles. The van der Waals surface area contributed by atoms with Crippen LogP contribution in [0.2, 0.25) is 0 Å². The van der Waals surface area contributed by atoms with Crippen LogP contribution in [0, 0.1) is 5.82 Å². The molecule has 24 heavy (non-hydrogen) atoms. The molecule has 7 nitrogen and oxygen atoms in total. The zero-order chi connectivity index (χ0) is 17.5. The molecule has 2 heterocycles. The van der Waals surface area contributed by atoms with E-state index in [4.69, 9.17) is 0 Å². The van der Waals surface area contributed by atoms with Crippen molar-refractivity contribution in [1.82, 2.24) is 9.62 Å². The van der Waals surface area contributed by atoms with Crippen LogP contribution in [-0.2, 0) is 14.8 Å². The Balaban J connectivity index is 1.94. The van der Waals surface area contributed by atoms with E-state index in [0.717, 1.165) is 17.0 Å². The smallest absolute Gasteiger partial charge is 0.329 e. The van der Waals surface area contributed by atoms with E-state index in [1.807, 2.05) is 0 Å². The number of anilines is 1. The fourth-order valence-electron chi connectivity index (χ4n) is 3.19. The lowest BCUT2D eigenvalue weighted by Gasteiger charge is -2.36. The van der Waals surface area contributed by atoms with Gasteiger partial charge in [-0.05, 0) is 37.1 Å². The molecule has 0 bridgehead atoms. The van der Waals surface area contributed by atoms with Crippen LogP contribution in [-0.4, -0.2) is 49.0 Å². The van der Waals surface area contributed by atoms with Crippen LogP contribution in [0.1, 0.15) is 19.8 Å². The van der Waals surface area contributed by atoms with Gasteiger partial charge in [0, 0.05) is 6.54 Å². The normalized spacial score (nSPS) is 24.8. The van der Waals surface area contributed by atoms with Crippen molar-refractivity contribution < 1.29 is 22.4 Å². The largest absolute Gasteiger partial charge is 0.332 e. The van der Waals surface area contributed by atoms with Crippen LogP contribution in [0.4, 0.5) is 14.9 Å². The Labute approximate surface area is 139 Å². The topological polar surface area (TPSA) is 86.8 Å². The molecule has 0 saturated carbocycles. The minimum atomic E-state index is -3.57. The van der Waals surface area contributed by atoms with E-state index in [2.05, 4.69) is 5.32 Å². The highest BCUT2D eigenvalue weighted by molar-refractivity contribution is 7.89. The molecule has 2 aliphatic heterocycles. The maximum atomic E-state index is 13.1. The number of urea groups is 1. The van der Waals surface area contributed by atoms with Crippen molar-refractivity contribution in [2.24, 2.45) is 0 Å². The Morgan fingerprint density at radius 2 is 1.92 bits per heavy atom. The van der Waals surface area contributed by atoms with Crippen LogP contribution in [0.15, 0.2) is 24.3 Å². The Bertz CT molecular complexity index is 765. The zero-order valence-electron chi connectivity index (χ0n) is 13.1. The van der Waals surface area contributed by atoms with E-state index in [1.54, 1.807) is 6.92 Å². The number of sulfonamides is 1. The van der Waals surface area contributed by atoms with E-state index in [-0.39, 0.29) is 18.0 Å². The van der Waals surface area contributed by atoms with E-state index in [0.29, 0.717) is 12.8 Å². The molecule has 2 fully saturated rings. The number of halogens is 1. The quantitative estimate of drug-likeness (QED) is 0.875. The summed E-state index contributed by atoms with van der Waals surface area (Å²) in [5.41, 5.74) is 0.206. The molecule has 0 spiro atoms. The Kier molecular flexibility index (Phi) is 4.31. The summed E-state index contributed by atoms with van der Waals surface area (Å²) in [5.74, 6) is -1.14. The van der Waals surface area contributed by atoms with Crippen molar-refractivity contribution in [3.63, 3.8) is 0 Å². The Morgan fingerprint density at radius 3 is 2.54 bits per heavy atom. The highest BCUT2D eigenvalue weighted by Crippen LogP contribution is 2.29. The third-order valence-corrected chi connectivity index (χ3v) is 6.29. The molecular weight excluding hydrogens is 337 g/mol. The first-order valence-electron chi connectivity index (χ1n) is 7.74. The van der Waals surface area contributed by atoms with Gasteiger partial charge in [-0.3, -0.25) is 4.79 Å². The van der Waals surface area contributed by atoms with Gasteiger partial charge in [0.1, 0.15) is 11.9 Å². The van der Waals surface area contributed by atoms with Gasteiger partial charge in [-0.2, -0.15) is 4.31 Å². The maximum absolute atomic E-state index is 13.1. The van der Waals surface area contributed by atoms with Crippen LogP contribution >= 0.6 is 0 Å². The highest BCUT2D eigenvalue weighted by Gasteiger charge is 2.51. The summed E-state index contributed by atoms with van der Waals surface area (Å²) in [4.78, 5) is 26.0. The zero-order valence-corrected chi connectivity index (χ0v) is 13.9. The fraction of sp³-hybridized carbons (Fsp3) is 0.467. The lowest BCUT2D eigenvalue weighted by molar-refractivity contribution is -0.122. The Hall–Kier alpha value is -2.00. The number of carbonyl (C=O) groups is 2. The maximum Gasteiger partial charge on any atom is 0.329 e. The Morgan fingerprint density at radius 1 is 1.25 bits per heavy atom. The fourth-order valence-corrected chi connectivity index (χ4v) is 4.90. The summed E-state index contributed by atoms with van der Waals surface area (Å²) in [6.45, 7) is 1.95. The first-order chi connectivity index (χ1) is 11.3. The second-order valence-corrected chi connectivity index (χ2v) is 7.91. The van der Waals surface area contributed by atoms with Gasteiger partial charge in [-0.25, -0.2) is 22.5 Å². The number of hydrogen-bond donors (Lipinski definition) is 1. The van der Waals surface area contributed by atoms with Crippen LogP contribution in [0.3, 0.4) is 0 Å². The number of amides is 3. The minimum Gasteiger partial charge on any atom is -0.332 e. The van der Waals surface area contributed by atoms with Crippen molar-refractivity contribution in [3.05, 3.63) is 30.1 Å². The third kappa shape index (κ3) is 2.78. The summed E-state index contributed by atoms with van der Waals surface area (Å²) in [5, 5.41) is 2.68. The third-order valence-electron chi connectivity index (χ3n) is 4.24. The van der Waals surface area contributed by atoms with Crippen molar-refractivity contribution >= 4 is 27.6 Å². The van der Waals surface area contributed by atoms with Crippen molar-refractivity contribution in [3.8, 4) is 0 Å². The van der Waals surface area contributed by atoms with Crippen molar-refractivity contribution in [2.45, 2.75) is 31.8 Å². The lowest BCUT2D eigenvalue weighted by Crippen LogP contribution is -2.65. The standard InChI is InChI=1S/C15H18FN3O4S/c1-2-9-24(22,23)18-8-7-12-13(18)14(20)19(15(21)17-12)11-5-3-10(16)4-6-11/h3-6,12-13H,2,7-9H2,1H3,(H,17,21)/t12-,13-/m0/s1. The molecular formula is C15H18FN3O4S. The minimum absolute atomic E-state index is 0.0476. The van der Waals surface area contributed by atoms with E-state index in [9.17, 15) is 22.4 Å². The summed E-state index contributed by atoms with van der Waals surface area (Å²) >= 11 is 0. The molecule has 0 radical (unpaired) electrons. The molecule has 2 saturated heterocycles. The molecule has 2 aliphatic rings. The van der Waals surface area contributed by atoms with Gasteiger partial charge in [-0.15, -0.1) is 0 Å². The van der Waals surface area contributed by atoms with Crippen LogP contribution in [0.5, 0.6) is 0 Å². The average Bonchev–Trinajstić information content (AvgIpc) is 2.94. The summed E-state index contributed by atoms with van der Waals surface area (Å²) in [7, 11) is -3.57. The SMILES string of the molecule is CCCS(=O)(=O)N1CC[C@@H]2NC(=O)N(c3ccc(F)cc3)C(=O)[C@H]21. The number of nitrogens with zero attached hydrogens (tertiary/aromatic N) is 2. The molecule has 1 N–H and O–H groups in total. The number of benzene rings is 1. The van der Waals surface area contributed by atoms with Gasteiger partial charge < -0.3 is 5.32 Å². The summed E-state index contributed by atoms with van der Waals surface area (Å²) in [6, 6.07) is 2.80. The summed E-state index contributed by atoms with van der Waals surface area (Å²) in [6.07, 6.45) is 0.834. The molecule has 3 amide bonds.